The maximum absolute atomic E-state index is 12.1. The zero-order chi connectivity index (χ0) is 13.8. The molecule has 0 bridgehead atoms. The number of benzene rings is 1. The average molecular weight is 275 g/mol. The maximum atomic E-state index is 12.1. The highest BCUT2D eigenvalue weighted by Crippen LogP contribution is 2.19. The first-order chi connectivity index (χ1) is 9.83. The van der Waals surface area contributed by atoms with Crippen LogP contribution in [0, 0.1) is 0 Å². The van der Waals surface area contributed by atoms with Crippen LogP contribution in [0.1, 0.15) is 6.42 Å². The number of hydrogen-bond acceptors (Lipinski definition) is 4. The van der Waals surface area contributed by atoms with Gasteiger partial charge in [-0.1, -0.05) is 18.2 Å². The van der Waals surface area contributed by atoms with E-state index in [-0.39, 0.29) is 18.0 Å². The van der Waals surface area contributed by atoms with E-state index in [9.17, 15) is 4.79 Å². The lowest BCUT2D eigenvalue weighted by Gasteiger charge is -2.25. The van der Waals surface area contributed by atoms with Crippen molar-refractivity contribution < 1.29 is 9.53 Å². The summed E-state index contributed by atoms with van der Waals surface area (Å²) in [7, 11) is 0. The zero-order valence-corrected chi connectivity index (χ0v) is 11.5. The standard InChI is InChI=1S/C15H21N3O2/c19-15(14-11-20-9-7-16-14)17-12-6-8-18(10-12)13-4-2-1-3-5-13/h1-5,12,14,16H,6-11H2,(H,17,19). The van der Waals surface area contributed by atoms with E-state index in [1.807, 2.05) is 18.2 Å². The van der Waals surface area contributed by atoms with E-state index in [4.69, 9.17) is 4.74 Å². The number of nitrogens with one attached hydrogen (secondary N) is 2. The molecule has 2 N–H and O–H groups in total. The summed E-state index contributed by atoms with van der Waals surface area (Å²) in [5.41, 5.74) is 1.23. The Balaban J connectivity index is 1.51. The number of carbonyl (C=O) groups is 1. The van der Waals surface area contributed by atoms with Gasteiger partial charge in [0.2, 0.25) is 5.91 Å². The Morgan fingerprint density at radius 1 is 1.35 bits per heavy atom. The molecule has 5 heteroatoms. The van der Waals surface area contributed by atoms with Gasteiger partial charge in [0, 0.05) is 31.4 Å². The molecule has 2 aliphatic rings. The van der Waals surface area contributed by atoms with Crippen molar-refractivity contribution in [2.45, 2.75) is 18.5 Å². The number of rotatable bonds is 3. The van der Waals surface area contributed by atoms with Crippen LogP contribution in [0.5, 0.6) is 0 Å². The molecule has 0 aromatic heterocycles. The van der Waals surface area contributed by atoms with Gasteiger partial charge in [-0.15, -0.1) is 0 Å². The van der Waals surface area contributed by atoms with E-state index in [1.54, 1.807) is 0 Å². The van der Waals surface area contributed by atoms with E-state index >= 15 is 0 Å². The fraction of sp³-hybridized carbons (Fsp3) is 0.533. The fourth-order valence-electron chi connectivity index (χ4n) is 2.79. The quantitative estimate of drug-likeness (QED) is 0.837. The summed E-state index contributed by atoms with van der Waals surface area (Å²) in [5.74, 6) is 0.0598. The number of para-hydroxylation sites is 1. The predicted molar refractivity (Wildman–Crippen MR) is 77.8 cm³/mol. The zero-order valence-electron chi connectivity index (χ0n) is 11.5. The second-order valence-corrected chi connectivity index (χ2v) is 5.36. The molecule has 1 aromatic carbocycles. The van der Waals surface area contributed by atoms with Gasteiger partial charge in [-0.25, -0.2) is 0 Å². The Morgan fingerprint density at radius 2 is 2.20 bits per heavy atom. The summed E-state index contributed by atoms with van der Waals surface area (Å²) in [6.07, 6.45) is 0.994. The molecular weight excluding hydrogens is 254 g/mol. The third-order valence-electron chi connectivity index (χ3n) is 3.89. The fourth-order valence-corrected chi connectivity index (χ4v) is 2.79. The molecule has 108 valence electrons. The third kappa shape index (κ3) is 3.11. The molecule has 0 radical (unpaired) electrons. The largest absolute Gasteiger partial charge is 0.378 e. The molecule has 5 nitrogen and oxygen atoms in total. The van der Waals surface area contributed by atoms with Crippen LogP contribution in [0.15, 0.2) is 30.3 Å². The molecule has 2 heterocycles. The van der Waals surface area contributed by atoms with Gasteiger partial charge in [0.15, 0.2) is 0 Å². The van der Waals surface area contributed by atoms with Gasteiger partial charge in [-0.2, -0.15) is 0 Å². The molecule has 2 fully saturated rings. The average Bonchev–Trinajstić information content (AvgIpc) is 2.97. The molecule has 0 spiro atoms. The monoisotopic (exact) mass is 275 g/mol. The van der Waals surface area contributed by atoms with Crippen molar-refractivity contribution in [3.8, 4) is 0 Å². The first-order valence-corrected chi connectivity index (χ1v) is 7.24. The molecule has 2 saturated heterocycles. The summed E-state index contributed by atoms with van der Waals surface area (Å²) >= 11 is 0. The van der Waals surface area contributed by atoms with Crippen molar-refractivity contribution >= 4 is 11.6 Å². The molecule has 2 atom stereocenters. The number of hydrogen-bond donors (Lipinski definition) is 2. The minimum atomic E-state index is -0.200. The third-order valence-corrected chi connectivity index (χ3v) is 3.89. The van der Waals surface area contributed by atoms with Crippen molar-refractivity contribution in [2.24, 2.45) is 0 Å². The molecule has 1 aromatic rings. The Labute approximate surface area is 119 Å². The van der Waals surface area contributed by atoms with E-state index in [2.05, 4.69) is 27.7 Å². The molecule has 2 aliphatic heterocycles. The second-order valence-electron chi connectivity index (χ2n) is 5.36. The van der Waals surface area contributed by atoms with Crippen LogP contribution in [-0.2, 0) is 9.53 Å². The van der Waals surface area contributed by atoms with Crippen LogP contribution in [0.25, 0.3) is 0 Å². The van der Waals surface area contributed by atoms with E-state index < -0.39 is 0 Å². The van der Waals surface area contributed by atoms with Crippen LogP contribution < -0.4 is 15.5 Å². The van der Waals surface area contributed by atoms with Crippen molar-refractivity contribution in [3.05, 3.63) is 30.3 Å². The van der Waals surface area contributed by atoms with Gasteiger partial charge < -0.3 is 20.3 Å². The minimum absolute atomic E-state index is 0.0598. The van der Waals surface area contributed by atoms with Crippen molar-refractivity contribution in [2.75, 3.05) is 37.7 Å². The number of anilines is 1. The molecular formula is C15H21N3O2. The lowest BCUT2D eigenvalue weighted by atomic mass is 10.2. The highest BCUT2D eigenvalue weighted by molar-refractivity contribution is 5.82. The maximum Gasteiger partial charge on any atom is 0.239 e. The second kappa shape index (κ2) is 6.24. The topological polar surface area (TPSA) is 53.6 Å². The summed E-state index contributed by atoms with van der Waals surface area (Å²) in [5, 5.41) is 6.31. The number of ether oxygens (including phenoxy) is 1. The number of morpholine rings is 1. The molecule has 0 saturated carbocycles. The predicted octanol–water partition coefficient (Wildman–Crippen LogP) is 0.370. The van der Waals surface area contributed by atoms with E-state index in [0.717, 1.165) is 26.1 Å². The van der Waals surface area contributed by atoms with Crippen LogP contribution in [0.2, 0.25) is 0 Å². The van der Waals surface area contributed by atoms with Crippen LogP contribution >= 0.6 is 0 Å². The van der Waals surface area contributed by atoms with E-state index in [1.165, 1.54) is 5.69 Å². The van der Waals surface area contributed by atoms with Crippen LogP contribution in [-0.4, -0.2) is 50.8 Å². The van der Waals surface area contributed by atoms with Gasteiger partial charge in [0.25, 0.3) is 0 Å². The Bertz CT molecular complexity index is 446. The summed E-state index contributed by atoms with van der Waals surface area (Å²) in [6, 6.07) is 10.4. The Morgan fingerprint density at radius 3 is 2.95 bits per heavy atom. The van der Waals surface area contributed by atoms with Crippen LogP contribution in [0.4, 0.5) is 5.69 Å². The highest BCUT2D eigenvalue weighted by atomic mass is 16.5. The van der Waals surface area contributed by atoms with Crippen molar-refractivity contribution in [1.82, 2.24) is 10.6 Å². The summed E-state index contributed by atoms with van der Waals surface area (Å²) in [6.45, 7) is 3.78. The highest BCUT2D eigenvalue weighted by Gasteiger charge is 2.27. The molecule has 3 rings (SSSR count). The summed E-state index contributed by atoms with van der Waals surface area (Å²) in [4.78, 5) is 14.4. The first-order valence-electron chi connectivity index (χ1n) is 7.24. The van der Waals surface area contributed by atoms with Gasteiger partial charge in [-0.3, -0.25) is 4.79 Å². The normalized spacial score (nSPS) is 26.5. The molecule has 1 amide bonds. The number of nitrogens with zero attached hydrogens (tertiary/aromatic N) is 1. The molecule has 0 aliphatic carbocycles. The van der Waals surface area contributed by atoms with E-state index in [0.29, 0.717) is 13.2 Å². The Kier molecular flexibility index (Phi) is 4.18. The number of amides is 1. The van der Waals surface area contributed by atoms with Gasteiger partial charge in [0.1, 0.15) is 6.04 Å². The Hall–Kier alpha value is -1.59. The van der Waals surface area contributed by atoms with Crippen LogP contribution in [0.3, 0.4) is 0 Å². The summed E-state index contributed by atoms with van der Waals surface area (Å²) < 4.78 is 5.32. The SMILES string of the molecule is O=C(NC1CCN(c2ccccc2)C1)C1COCCN1. The van der Waals surface area contributed by atoms with Gasteiger partial charge >= 0.3 is 0 Å². The van der Waals surface area contributed by atoms with Crippen molar-refractivity contribution in [1.29, 1.82) is 0 Å². The van der Waals surface area contributed by atoms with Gasteiger partial charge in [0.05, 0.1) is 13.2 Å². The lowest BCUT2D eigenvalue weighted by Crippen LogP contribution is -2.53. The molecule has 20 heavy (non-hydrogen) atoms. The van der Waals surface area contributed by atoms with Crippen molar-refractivity contribution in [3.63, 3.8) is 0 Å². The smallest absolute Gasteiger partial charge is 0.239 e. The lowest BCUT2D eigenvalue weighted by molar-refractivity contribution is -0.126. The first kappa shape index (κ1) is 13.4. The number of carbonyl (C=O) groups excluding carboxylic acids is 1. The van der Waals surface area contributed by atoms with Gasteiger partial charge in [-0.05, 0) is 18.6 Å². The minimum Gasteiger partial charge on any atom is -0.378 e. The molecule has 2 unspecified atom stereocenters.